The van der Waals surface area contributed by atoms with Crippen LogP contribution in [0.3, 0.4) is 0 Å². The van der Waals surface area contributed by atoms with Gasteiger partial charge in [0.15, 0.2) is 5.82 Å². The average molecular weight is 262 g/mol. The third-order valence-electron chi connectivity index (χ3n) is 2.25. The summed E-state index contributed by atoms with van der Waals surface area (Å²) < 4.78 is 42.1. The minimum absolute atomic E-state index is 0.00113. The lowest BCUT2D eigenvalue weighted by molar-refractivity contribution is -0.122. The highest BCUT2D eigenvalue weighted by molar-refractivity contribution is 6.01. The number of nitrogens with one attached hydrogen (secondary N) is 1. The zero-order valence-electron chi connectivity index (χ0n) is 9.28. The van der Waals surface area contributed by atoms with Gasteiger partial charge in [-0.2, -0.15) is 18.2 Å². The Morgan fingerprint density at radius 1 is 1.50 bits per heavy atom. The number of nitrogens with zero attached hydrogens (tertiary/aromatic N) is 3. The van der Waals surface area contributed by atoms with Crippen molar-refractivity contribution < 1.29 is 22.7 Å². The first-order chi connectivity index (χ1) is 8.40. The second-order valence-corrected chi connectivity index (χ2v) is 3.60. The second kappa shape index (κ2) is 4.31. The summed E-state index contributed by atoms with van der Waals surface area (Å²) in [6, 6.07) is 0. The highest BCUT2D eigenvalue weighted by atomic mass is 19.4. The van der Waals surface area contributed by atoms with Gasteiger partial charge in [-0.25, -0.2) is 4.98 Å². The molecule has 9 heteroatoms. The molecule has 0 spiro atoms. The lowest BCUT2D eigenvalue weighted by Crippen LogP contribution is -2.44. The molecule has 1 N–H and O–H groups in total. The van der Waals surface area contributed by atoms with Gasteiger partial charge in [0.05, 0.1) is 13.7 Å². The third-order valence-corrected chi connectivity index (χ3v) is 2.25. The molecular formula is C9H9F3N4O2. The highest BCUT2D eigenvalue weighted by Gasteiger charge is 2.36. The van der Waals surface area contributed by atoms with Crippen molar-refractivity contribution in [1.82, 2.24) is 9.97 Å². The fraction of sp³-hybridized carbons (Fsp3) is 0.444. The molecule has 2 rings (SSSR count). The molecule has 0 fully saturated rings. The van der Waals surface area contributed by atoms with E-state index in [0.29, 0.717) is 0 Å². The molecule has 0 saturated heterocycles. The van der Waals surface area contributed by atoms with Gasteiger partial charge >= 0.3 is 6.18 Å². The molecule has 0 unspecified atom stereocenters. The summed E-state index contributed by atoms with van der Waals surface area (Å²) in [4.78, 5) is 19.7. The van der Waals surface area contributed by atoms with E-state index in [-0.39, 0.29) is 17.4 Å². The van der Waals surface area contributed by atoms with E-state index in [9.17, 15) is 18.0 Å². The van der Waals surface area contributed by atoms with Crippen LogP contribution in [-0.2, 0) is 4.79 Å². The van der Waals surface area contributed by atoms with Crippen molar-refractivity contribution in [2.75, 3.05) is 30.4 Å². The minimum Gasteiger partial charge on any atom is -0.479 e. The van der Waals surface area contributed by atoms with Gasteiger partial charge < -0.3 is 15.0 Å². The van der Waals surface area contributed by atoms with Crippen LogP contribution in [0.1, 0.15) is 0 Å². The molecule has 0 radical (unpaired) electrons. The number of amides is 1. The number of hydrogen-bond acceptors (Lipinski definition) is 5. The largest absolute Gasteiger partial charge is 0.479 e. The Morgan fingerprint density at radius 3 is 2.83 bits per heavy atom. The van der Waals surface area contributed by atoms with E-state index in [1.165, 1.54) is 7.11 Å². The van der Waals surface area contributed by atoms with Crippen LogP contribution in [0.25, 0.3) is 0 Å². The first kappa shape index (κ1) is 12.4. The molecule has 1 aromatic heterocycles. The first-order valence-corrected chi connectivity index (χ1v) is 4.91. The highest BCUT2D eigenvalue weighted by Crippen LogP contribution is 2.34. The summed E-state index contributed by atoms with van der Waals surface area (Å²) in [6.45, 7) is -1.67. The van der Waals surface area contributed by atoms with Gasteiger partial charge in [-0.1, -0.05) is 0 Å². The van der Waals surface area contributed by atoms with Crippen LogP contribution in [-0.4, -0.2) is 42.3 Å². The van der Waals surface area contributed by atoms with E-state index < -0.39 is 25.2 Å². The number of hydrogen-bond donors (Lipinski definition) is 1. The van der Waals surface area contributed by atoms with E-state index in [1.807, 2.05) is 0 Å². The van der Waals surface area contributed by atoms with E-state index in [1.54, 1.807) is 0 Å². The zero-order valence-corrected chi connectivity index (χ0v) is 9.28. The summed E-state index contributed by atoms with van der Waals surface area (Å²) in [6.07, 6.45) is -3.34. The van der Waals surface area contributed by atoms with Gasteiger partial charge in [-0.05, 0) is 0 Å². The lowest BCUT2D eigenvalue weighted by Gasteiger charge is -2.30. The van der Waals surface area contributed by atoms with Crippen LogP contribution in [0.4, 0.5) is 24.7 Å². The number of fused-ring (bicyclic) bond motifs is 1. The van der Waals surface area contributed by atoms with Crippen molar-refractivity contribution in [3.63, 3.8) is 0 Å². The summed E-state index contributed by atoms with van der Waals surface area (Å²) in [5, 5.41) is 2.40. The van der Waals surface area contributed by atoms with Crippen molar-refractivity contribution in [2.45, 2.75) is 6.18 Å². The van der Waals surface area contributed by atoms with Crippen molar-refractivity contribution >= 4 is 17.4 Å². The molecule has 2 heterocycles. The Balaban J connectivity index is 2.40. The minimum atomic E-state index is -4.42. The Hall–Kier alpha value is -2.06. The number of carbonyl (C=O) groups excluding carboxylic acids is 1. The molecule has 18 heavy (non-hydrogen) atoms. The van der Waals surface area contributed by atoms with Gasteiger partial charge in [0.25, 0.3) is 0 Å². The van der Waals surface area contributed by atoms with Crippen molar-refractivity contribution in [1.29, 1.82) is 0 Å². The maximum atomic E-state index is 12.4. The molecule has 6 nitrogen and oxygen atoms in total. The van der Waals surface area contributed by atoms with Crippen LogP contribution in [0.2, 0.25) is 0 Å². The molecule has 1 aromatic rings. The summed E-state index contributed by atoms with van der Waals surface area (Å²) in [5.74, 6) is -0.543. The number of methoxy groups -OCH3 is 1. The van der Waals surface area contributed by atoms with Crippen LogP contribution >= 0.6 is 0 Å². The lowest BCUT2D eigenvalue weighted by atomic mass is 10.3. The van der Waals surface area contributed by atoms with Crippen LogP contribution in [0.15, 0.2) is 6.33 Å². The number of halogens is 3. The smallest absolute Gasteiger partial charge is 0.405 e. The van der Waals surface area contributed by atoms with E-state index in [0.717, 1.165) is 11.2 Å². The second-order valence-electron chi connectivity index (χ2n) is 3.60. The Kier molecular flexibility index (Phi) is 2.97. The number of alkyl halides is 3. The maximum Gasteiger partial charge on any atom is 0.405 e. The van der Waals surface area contributed by atoms with E-state index >= 15 is 0 Å². The van der Waals surface area contributed by atoms with Gasteiger partial charge in [-0.15, -0.1) is 0 Å². The van der Waals surface area contributed by atoms with Gasteiger partial charge in [0.1, 0.15) is 18.6 Å². The predicted octanol–water partition coefficient (Wildman–Crippen LogP) is 0.806. The fourth-order valence-electron chi connectivity index (χ4n) is 1.64. The SMILES string of the molecule is COc1ncnc2c1NC(=O)CN2CC(F)(F)F. The normalized spacial score (nSPS) is 15.1. The number of rotatable bonds is 2. The molecule has 98 valence electrons. The summed E-state index contributed by atoms with van der Waals surface area (Å²) in [5.41, 5.74) is 0.0560. The number of aromatic nitrogens is 2. The van der Waals surface area contributed by atoms with E-state index in [2.05, 4.69) is 15.3 Å². The molecule has 0 aliphatic carbocycles. The van der Waals surface area contributed by atoms with Crippen molar-refractivity contribution in [3.8, 4) is 5.88 Å². The van der Waals surface area contributed by atoms with Crippen LogP contribution in [0.5, 0.6) is 5.88 Å². The Bertz CT molecular complexity index is 477. The molecule has 0 saturated carbocycles. The molecule has 1 amide bonds. The number of carbonyl (C=O) groups is 1. The van der Waals surface area contributed by atoms with Gasteiger partial charge in [-0.3, -0.25) is 4.79 Å². The summed E-state index contributed by atoms with van der Waals surface area (Å²) in [7, 11) is 1.30. The topological polar surface area (TPSA) is 67.4 Å². The zero-order chi connectivity index (χ0) is 13.3. The monoisotopic (exact) mass is 262 g/mol. The third kappa shape index (κ3) is 2.44. The quantitative estimate of drug-likeness (QED) is 0.854. The fourth-order valence-corrected chi connectivity index (χ4v) is 1.64. The molecule has 0 bridgehead atoms. The summed E-state index contributed by atoms with van der Waals surface area (Å²) >= 11 is 0. The van der Waals surface area contributed by atoms with E-state index in [4.69, 9.17) is 4.74 Å². The molecule has 1 aliphatic heterocycles. The number of ether oxygens (including phenoxy) is 1. The molecule has 1 aliphatic rings. The first-order valence-electron chi connectivity index (χ1n) is 4.91. The number of anilines is 2. The molecular weight excluding hydrogens is 253 g/mol. The Morgan fingerprint density at radius 2 is 2.22 bits per heavy atom. The molecule has 0 aromatic carbocycles. The standard InChI is InChI=1S/C9H9F3N4O2/c1-18-8-6-7(13-4-14-8)16(2-5(17)15-6)3-9(10,11)12/h4H,2-3H2,1H3,(H,15,17). The Labute approximate surface area is 99.8 Å². The van der Waals surface area contributed by atoms with Crippen LogP contribution in [0, 0.1) is 0 Å². The van der Waals surface area contributed by atoms with Crippen molar-refractivity contribution in [2.24, 2.45) is 0 Å². The van der Waals surface area contributed by atoms with Gasteiger partial charge in [0, 0.05) is 0 Å². The molecule has 0 atom stereocenters. The van der Waals surface area contributed by atoms with Gasteiger partial charge in [0.2, 0.25) is 11.8 Å². The maximum absolute atomic E-state index is 12.4. The average Bonchev–Trinajstić information content (AvgIpc) is 2.26. The van der Waals surface area contributed by atoms with Crippen LogP contribution < -0.4 is 15.0 Å². The van der Waals surface area contributed by atoms with Crippen molar-refractivity contribution in [3.05, 3.63) is 6.33 Å². The predicted molar refractivity (Wildman–Crippen MR) is 55.5 cm³/mol.